The molecule has 0 aromatic carbocycles. The van der Waals surface area contributed by atoms with Crippen molar-refractivity contribution in [1.82, 2.24) is 10.6 Å². The summed E-state index contributed by atoms with van der Waals surface area (Å²) in [6.45, 7) is 4.65. The third-order valence-electron chi connectivity index (χ3n) is 11.7. The van der Waals surface area contributed by atoms with Crippen LogP contribution >= 0.6 is 0 Å². The van der Waals surface area contributed by atoms with Crippen molar-refractivity contribution in [3.05, 3.63) is 0 Å². The molecule has 23 nitrogen and oxygen atoms in total. The number of rotatable bonds is 33. The van der Waals surface area contributed by atoms with E-state index in [4.69, 9.17) is 42.6 Å². The first-order chi connectivity index (χ1) is 33.2. The Morgan fingerprint density at radius 2 is 1.29 bits per heavy atom. The average Bonchev–Trinajstić information content (AvgIpc) is 3.28. The van der Waals surface area contributed by atoms with E-state index in [1.807, 2.05) is 0 Å². The Morgan fingerprint density at radius 3 is 1.76 bits per heavy atom. The van der Waals surface area contributed by atoms with Crippen LogP contribution in [0.15, 0.2) is 0 Å². The molecule has 0 aliphatic carbocycles. The van der Waals surface area contributed by atoms with Crippen LogP contribution in [0.2, 0.25) is 0 Å². The van der Waals surface area contributed by atoms with Crippen molar-refractivity contribution in [2.75, 3.05) is 26.9 Å². The van der Waals surface area contributed by atoms with Crippen molar-refractivity contribution in [1.29, 1.82) is 0 Å². The molecule has 2 aliphatic rings. The van der Waals surface area contributed by atoms with Gasteiger partial charge in [-0.3, -0.25) is 28.8 Å². The predicted molar refractivity (Wildman–Crippen MR) is 243 cm³/mol. The summed E-state index contributed by atoms with van der Waals surface area (Å²) in [5.41, 5.74) is 0. The number of carbonyl (C=O) groups is 8. The fraction of sp³-hybridized carbons (Fsp3) is 0.830. The van der Waals surface area contributed by atoms with Crippen LogP contribution in [-0.4, -0.2) is 168 Å². The molecule has 2 fully saturated rings. The molecule has 70 heavy (non-hydrogen) atoms. The van der Waals surface area contributed by atoms with Crippen LogP contribution in [0.5, 0.6) is 0 Å². The highest BCUT2D eigenvalue weighted by atomic mass is 16.8. The number of aliphatic hydroxyl groups excluding tert-OH is 3. The van der Waals surface area contributed by atoms with Crippen LogP contribution in [0.1, 0.15) is 151 Å². The number of hydrogen-bond donors (Lipinski definition) is 6. The van der Waals surface area contributed by atoms with Crippen LogP contribution in [0.3, 0.4) is 0 Å². The molecule has 0 unspecified atom stereocenters. The maximum atomic E-state index is 14.0. The number of ether oxygens (including phenoxy) is 9. The van der Waals surface area contributed by atoms with Gasteiger partial charge in [0.25, 0.3) is 5.79 Å². The van der Waals surface area contributed by atoms with Gasteiger partial charge in [0, 0.05) is 41.0 Å². The van der Waals surface area contributed by atoms with E-state index in [-0.39, 0.29) is 6.42 Å². The number of carbonyl (C=O) groups excluding carboxylic acids is 7. The van der Waals surface area contributed by atoms with E-state index in [1.165, 1.54) is 57.8 Å². The molecule has 2 amide bonds. The third-order valence-corrected chi connectivity index (χ3v) is 11.7. The molecular formula is C47H78N2O21. The lowest BCUT2D eigenvalue weighted by Crippen LogP contribution is -2.71. The molecule has 0 aromatic rings. The van der Waals surface area contributed by atoms with Gasteiger partial charge in [-0.25, -0.2) is 9.59 Å². The zero-order chi connectivity index (χ0) is 52.4. The van der Waals surface area contributed by atoms with Crippen LogP contribution in [0, 0.1) is 0 Å². The van der Waals surface area contributed by atoms with Gasteiger partial charge in [0.05, 0.1) is 32.8 Å². The number of nitrogens with one attached hydrogen (secondary N) is 2. The number of carboxylic acid groups (broad SMARTS) is 1. The Kier molecular flexibility index (Phi) is 28.6. The smallest absolute Gasteiger partial charge is 0.366 e. The van der Waals surface area contributed by atoms with E-state index >= 15 is 0 Å². The summed E-state index contributed by atoms with van der Waals surface area (Å²) in [7, 11) is 0.887. The van der Waals surface area contributed by atoms with E-state index in [0.717, 1.165) is 73.8 Å². The summed E-state index contributed by atoms with van der Waals surface area (Å²) >= 11 is 0. The van der Waals surface area contributed by atoms with Crippen LogP contribution < -0.4 is 10.6 Å². The van der Waals surface area contributed by atoms with Gasteiger partial charge in [0.2, 0.25) is 11.8 Å². The predicted octanol–water partition coefficient (Wildman–Crippen LogP) is 2.18. The molecule has 23 heteroatoms. The monoisotopic (exact) mass is 1010 g/mol. The molecule has 12 atom stereocenters. The fourth-order valence-electron chi connectivity index (χ4n) is 8.36. The molecule has 2 rings (SSSR count). The van der Waals surface area contributed by atoms with Crippen molar-refractivity contribution in [2.45, 2.75) is 224 Å². The zero-order valence-electron chi connectivity index (χ0n) is 41.7. The van der Waals surface area contributed by atoms with E-state index < -0.39 is 147 Å². The minimum atomic E-state index is -2.92. The van der Waals surface area contributed by atoms with Crippen LogP contribution in [-0.2, 0) is 81.0 Å². The van der Waals surface area contributed by atoms with E-state index in [2.05, 4.69) is 17.6 Å². The highest BCUT2D eigenvalue weighted by Crippen LogP contribution is 2.40. The molecule has 2 aliphatic heterocycles. The summed E-state index contributed by atoms with van der Waals surface area (Å²) in [6, 6.07) is -3.23. The molecule has 0 spiro atoms. The number of unbranched alkanes of at least 4 members (excludes halogenated alkanes) is 14. The standard InChI is InChI=1S/C47H78N2O21/c1-8-9-10-11-12-13-14-15-16-17-18-19-20-21-22-23-37(56)49-33(44(59)60)26-64-45-40(58)43(39(57)35(25-50)68-45)70-47(46(61)62-7)24-34(65-30(4)53)38(48-28(2)51)42(69-47)41(67-32(6)55)36(66-31(5)54)27-63-29(3)52/h33-36,38-43,45,50,57-58H,8-27H2,1-7H3,(H,48,51)(H,49,56)(H,59,60)/t33-,34-,35+,36+,38+,39-,40+,41+,42+,43-,45+,47-/m0/s1. The molecule has 0 radical (unpaired) electrons. The highest BCUT2D eigenvalue weighted by molar-refractivity contribution is 5.83. The number of aliphatic hydroxyl groups is 3. The van der Waals surface area contributed by atoms with E-state index in [9.17, 15) is 58.8 Å². The summed E-state index contributed by atoms with van der Waals surface area (Å²) in [5, 5.41) is 48.2. The molecule has 2 saturated heterocycles. The maximum Gasteiger partial charge on any atom is 0.366 e. The van der Waals surface area contributed by atoms with E-state index in [1.54, 1.807) is 0 Å². The number of hydrogen-bond acceptors (Lipinski definition) is 20. The number of methoxy groups -OCH3 is 1. The van der Waals surface area contributed by atoms with Crippen molar-refractivity contribution in [2.24, 2.45) is 0 Å². The summed E-state index contributed by atoms with van der Waals surface area (Å²) in [4.78, 5) is 101. The van der Waals surface area contributed by atoms with Gasteiger partial charge in [-0.2, -0.15) is 0 Å². The molecule has 2 heterocycles. The molecule has 6 N–H and O–H groups in total. The van der Waals surface area contributed by atoms with E-state index in [0.29, 0.717) is 6.42 Å². The first-order valence-electron chi connectivity index (χ1n) is 24.3. The lowest BCUT2D eigenvalue weighted by molar-refractivity contribution is -0.370. The number of carboxylic acids is 1. The van der Waals surface area contributed by atoms with Crippen molar-refractivity contribution < 1.29 is 101 Å². The summed E-state index contributed by atoms with van der Waals surface area (Å²) in [5.74, 6) is -11.0. The van der Waals surface area contributed by atoms with Crippen LogP contribution in [0.25, 0.3) is 0 Å². The third kappa shape index (κ3) is 21.5. The van der Waals surface area contributed by atoms with Gasteiger partial charge in [0.1, 0.15) is 43.2 Å². The van der Waals surface area contributed by atoms with Crippen molar-refractivity contribution >= 4 is 47.6 Å². The van der Waals surface area contributed by atoms with Crippen LogP contribution in [0.4, 0.5) is 0 Å². The van der Waals surface area contributed by atoms with Crippen molar-refractivity contribution in [3.8, 4) is 0 Å². The Labute approximate surface area is 409 Å². The molecule has 0 saturated carbocycles. The molecular weight excluding hydrogens is 929 g/mol. The minimum Gasteiger partial charge on any atom is -0.480 e. The summed E-state index contributed by atoms with van der Waals surface area (Å²) in [6.07, 6.45) is -0.948. The quantitative estimate of drug-likeness (QED) is 0.0312. The maximum absolute atomic E-state index is 14.0. The molecule has 0 aromatic heterocycles. The average molecular weight is 1010 g/mol. The Morgan fingerprint density at radius 1 is 0.729 bits per heavy atom. The Hall–Kier alpha value is -4.52. The first-order valence-corrected chi connectivity index (χ1v) is 24.3. The minimum absolute atomic E-state index is 0.0384. The van der Waals surface area contributed by atoms with Gasteiger partial charge in [-0.1, -0.05) is 96.8 Å². The van der Waals surface area contributed by atoms with Gasteiger partial charge in [-0.15, -0.1) is 0 Å². The molecule has 0 bridgehead atoms. The second kappa shape index (κ2) is 32.5. The number of esters is 5. The largest absolute Gasteiger partial charge is 0.480 e. The fourth-order valence-corrected chi connectivity index (χ4v) is 8.36. The lowest BCUT2D eigenvalue weighted by Gasteiger charge is -2.51. The van der Waals surface area contributed by atoms with Gasteiger partial charge in [0.15, 0.2) is 24.5 Å². The van der Waals surface area contributed by atoms with Gasteiger partial charge < -0.3 is 73.7 Å². The lowest BCUT2D eigenvalue weighted by atomic mass is 9.87. The normalized spacial score (nSPS) is 25.6. The Balaban J connectivity index is 2.30. The van der Waals surface area contributed by atoms with Crippen molar-refractivity contribution in [3.63, 3.8) is 0 Å². The summed E-state index contributed by atoms with van der Waals surface area (Å²) < 4.78 is 50.1. The van der Waals surface area contributed by atoms with Gasteiger partial charge >= 0.3 is 35.8 Å². The number of aliphatic carboxylic acids is 1. The zero-order valence-corrected chi connectivity index (χ0v) is 41.7. The van der Waals surface area contributed by atoms with Gasteiger partial charge in [-0.05, 0) is 6.42 Å². The second-order valence-electron chi connectivity index (χ2n) is 17.7. The number of amides is 2. The topological polar surface area (TPSA) is 325 Å². The highest BCUT2D eigenvalue weighted by Gasteiger charge is 2.62. The first kappa shape index (κ1) is 61.6. The molecule has 402 valence electrons. The second-order valence-corrected chi connectivity index (χ2v) is 17.7. The Bertz CT molecular complexity index is 1670. The SMILES string of the molecule is CCCCCCCCCCCCCCCCCC(=O)N[C@@H](CO[C@@H]1O[C@H](CO)[C@H](O)[C@H](O[C@]2(C(=O)OC)C[C@H](OC(C)=O)[C@@H](NC(C)=O)[C@H]([C@H](OC(C)=O)[C@@H](COC(C)=O)OC(C)=O)O2)[C@H]1O)C(=O)O.